The Labute approximate surface area is 139 Å². The number of rotatable bonds is 5. The van der Waals surface area contributed by atoms with E-state index in [0.29, 0.717) is 12.6 Å². The van der Waals surface area contributed by atoms with Crippen molar-refractivity contribution in [2.24, 2.45) is 0 Å². The zero-order chi connectivity index (χ0) is 16.4. The van der Waals surface area contributed by atoms with E-state index in [1.54, 1.807) is 11.4 Å². The molecule has 1 saturated heterocycles. The van der Waals surface area contributed by atoms with E-state index in [0.717, 1.165) is 44.4 Å². The lowest BCUT2D eigenvalue weighted by atomic mass is 9.88. The summed E-state index contributed by atoms with van der Waals surface area (Å²) in [7, 11) is -1.39. The standard InChI is InChI=1S/C17H26N2O3S/c1-22-17-8-6-13-5-7-15(10-14(13)11-17)18-12-16-4-3-9-19(16)23(2,20)21/h6,8,11,15-16,18H,3-5,7,9-10,12H2,1-2H3/t15-,16-/m1/s1. The first kappa shape index (κ1) is 16.7. The fourth-order valence-corrected chi connectivity index (χ4v) is 4.97. The molecule has 1 fully saturated rings. The van der Waals surface area contributed by atoms with Crippen LogP contribution >= 0.6 is 0 Å². The molecule has 6 heteroatoms. The van der Waals surface area contributed by atoms with Crippen molar-refractivity contribution in [2.75, 3.05) is 26.5 Å². The van der Waals surface area contributed by atoms with Gasteiger partial charge >= 0.3 is 0 Å². The molecule has 128 valence electrons. The number of benzene rings is 1. The zero-order valence-corrected chi connectivity index (χ0v) is 14.7. The minimum absolute atomic E-state index is 0.108. The summed E-state index contributed by atoms with van der Waals surface area (Å²) in [6, 6.07) is 6.83. The SMILES string of the molecule is COc1ccc2c(c1)C[C@H](NC[C@H]1CCCN1S(C)(=O)=O)CC2. The number of aryl methyl sites for hydroxylation is 1. The Bertz CT molecular complexity index is 660. The molecule has 3 rings (SSSR count). The summed E-state index contributed by atoms with van der Waals surface area (Å²) in [6.07, 6.45) is 6.39. The van der Waals surface area contributed by atoms with Crippen LogP contribution in [0.25, 0.3) is 0 Å². The maximum Gasteiger partial charge on any atom is 0.211 e. The lowest BCUT2D eigenvalue weighted by molar-refractivity contribution is 0.347. The molecule has 1 aliphatic carbocycles. The van der Waals surface area contributed by atoms with Crippen LogP contribution in [0.1, 0.15) is 30.4 Å². The molecule has 0 amide bonds. The molecule has 1 aromatic rings. The van der Waals surface area contributed by atoms with Crippen LogP contribution in [0.3, 0.4) is 0 Å². The molecule has 0 radical (unpaired) electrons. The van der Waals surface area contributed by atoms with Gasteiger partial charge in [-0.25, -0.2) is 8.42 Å². The van der Waals surface area contributed by atoms with Crippen LogP contribution in [0.5, 0.6) is 5.75 Å². The highest BCUT2D eigenvalue weighted by Crippen LogP contribution is 2.26. The molecule has 5 nitrogen and oxygen atoms in total. The summed E-state index contributed by atoms with van der Waals surface area (Å²) in [6.45, 7) is 1.41. The van der Waals surface area contributed by atoms with Crippen molar-refractivity contribution in [1.29, 1.82) is 0 Å². The Kier molecular flexibility index (Phi) is 4.94. The maximum atomic E-state index is 11.8. The largest absolute Gasteiger partial charge is 0.497 e. The Morgan fingerprint density at radius 3 is 2.87 bits per heavy atom. The van der Waals surface area contributed by atoms with Gasteiger partial charge in [-0.1, -0.05) is 6.07 Å². The Morgan fingerprint density at radius 1 is 1.30 bits per heavy atom. The third-order valence-corrected chi connectivity index (χ3v) is 6.37. The highest BCUT2D eigenvalue weighted by molar-refractivity contribution is 7.88. The molecular weight excluding hydrogens is 312 g/mol. The van der Waals surface area contributed by atoms with Gasteiger partial charge in [-0.3, -0.25) is 0 Å². The van der Waals surface area contributed by atoms with Crippen LogP contribution in [0.4, 0.5) is 0 Å². The Balaban J connectivity index is 1.59. The second-order valence-corrected chi connectivity index (χ2v) is 8.59. The number of sulfonamides is 1. The van der Waals surface area contributed by atoms with Gasteiger partial charge in [0.05, 0.1) is 13.4 Å². The Morgan fingerprint density at radius 2 is 2.13 bits per heavy atom. The van der Waals surface area contributed by atoms with E-state index >= 15 is 0 Å². The maximum absolute atomic E-state index is 11.8. The molecule has 2 atom stereocenters. The predicted octanol–water partition coefficient (Wildman–Crippen LogP) is 1.57. The minimum Gasteiger partial charge on any atom is -0.497 e. The third kappa shape index (κ3) is 3.87. The van der Waals surface area contributed by atoms with Gasteiger partial charge in [-0.2, -0.15) is 4.31 Å². The van der Waals surface area contributed by atoms with Crippen molar-refractivity contribution in [3.05, 3.63) is 29.3 Å². The minimum atomic E-state index is -3.09. The molecule has 1 aromatic carbocycles. The molecule has 1 heterocycles. The van der Waals surface area contributed by atoms with Crippen molar-refractivity contribution in [3.8, 4) is 5.75 Å². The number of nitrogens with one attached hydrogen (secondary N) is 1. The van der Waals surface area contributed by atoms with Gasteiger partial charge in [0, 0.05) is 25.2 Å². The molecule has 2 aliphatic rings. The molecule has 0 aromatic heterocycles. The molecule has 0 bridgehead atoms. The van der Waals surface area contributed by atoms with Crippen molar-refractivity contribution in [1.82, 2.24) is 9.62 Å². The van der Waals surface area contributed by atoms with E-state index in [1.807, 2.05) is 6.07 Å². The molecule has 0 spiro atoms. The van der Waals surface area contributed by atoms with Crippen LogP contribution in [-0.2, 0) is 22.9 Å². The Hall–Kier alpha value is -1.11. The van der Waals surface area contributed by atoms with Crippen LogP contribution in [0, 0.1) is 0 Å². The molecule has 0 saturated carbocycles. The molecule has 23 heavy (non-hydrogen) atoms. The second-order valence-electron chi connectivity index (χ2n) is 6.65. The predicted molar refractivity (Wildman–Crippen MR) is 91.4 cm³/mol. The zero-order valence-electron chi connectivity index (χ0n) is 13.9. The van der Waals surface area contributed by atoms with Gasteiger partial charge in [0.1, 0.15) is 5.75 Å². The third-order valence-electron chi connectivity index (χ3n) is 5.03. The number of nitrogens with zero attached hydrogens (tertiary/aromatic N) is 1. The summed E-state index contributed by atoms with van der Waals surface area (Å²) in [4.78, 5) is 0. The van der Waals surface area contributed by atoms with Crippen LogP contribution in [0.2, 0.25) is 0 Å². The topological polar surface area (TPSA) is 58.6 Å². The lowest BCUT2D eigenvalue weighted by Crippen LogP contribution is -2.45. The van der Waals surface area contributed by atoms with E-state index in [-0.39, 0.29) is 6.04 Å². The van der Waals surface area contributed by atoms with Crippen molar-refractivity contribution < 1.29 is 13.2 Å². The first-order chi connectivity index (χ1) is 11.0. The van der Waals surface area contributed by atoms with Gasteiger partial charge in [0.15, 0.2) is 0 Å². The molecule has 1 N–H and O–H groups in total. The van der Waals surface area contributed by atoms with Gasteiger partial charge in [-0.05, 0) is 55.4 Å². The van der Waals surface area contributed by atoms with E-state index < -0.39 is 10.0 Å². The summed E-state index contributed by atoms with van der Waals surface area (Å²) < 4.78 is 30.6. The smallest absolute Gasteiger partial charge is 0.211 e. The van der Waals surface area contributed by atoms with Crippen molar-refractivity contribution in [3.63, 3.8) is 0 Å². The normalized spacial score (nSPS) is 25.3. The van der Waals surface area contributed by atoms with Crippen LogP contribution in [0.15, 0.2) is 18.2 Å². The van der Waals surface area contributed by atoms with Gasteiger partial charge in [-0.15, -0.1) is 0 Å². The molecule has 0 unspecified atom stereocenters. The monoisotopic (exact) mass is 338 g/mol. The molecule has 1 aliphatic heterocycles. The van der Waals surface area contributed by atoms with E-state index in [4.69, 9.17) is 4.74 Å². The molecular formula is C17H26N2O3S. The average molecular weight is 338 g/mol. The first-order valence-electron chi connectivity index (χ1n) is 8.33. The first-order valence-corrected chi connectivity index (χ1v) is 10.2. The summed E-state index contributed by atoms with van der Waals surface area (Å²) >= 11 is 0. The van der Waals surface area contributed by atoms with Gasteiger partial charge in [0.25, 0.3) is 0 Å². The number of hydrogen-bond donors (Lipinski definition) is 1. The van der Waals surface area contributed by atoms with Crippen LogP contribution < -0.4 is 10.1 Å². The summed E-state index contributed by atoms with van der Waals surface area (Å²) in [5.74, 6) is 0.906. The van der Waals surface area contributed by atoms with Crippen LogP contribution in [-0.4, -0.2) is 51.3 Å². The van der Waals surface area contributed by atoms with E-state index in [9.17, 15) is 8.42 Å². The average Bonchev–Trinajstić information content (AvgIpc) is 3.01. The highest BCUT2D eigenvalue weighted by atomic mass is 32.2. The van der Waals surface area contributed by atoms with Crippen molar-refractivity contribution >= 4 is 10.0 Å². The van der Waals surface area contributed by atoms with Gasteiger partial charge < -0.3 is 10.1 Å². The van der Waals surface area contributed by atoms with Crippen molar-refractivity contribution in [2.45, 2.75) is 44.2 Å². The lowest BCUT2D eigenvalue weighted by Gasteiger charge is -2.29. The number of hydrogen-bond acceptors (Lipinski definition) is 4. The number of ether oxygens (including phenoxy) is 1. The summed E-state index contributed by atoms with van der Waals surface area (Å²) in [5.41, 5.74) is 2.75. The number of methoxy groups -OCH3 is 1. The summed E-state index contributed by atoms with van der Waals surface area (Å²) in [5, 5.41) is 3.60. The highest BCUT2D eigenvalue weighted by Gasteiger charge is 2.31. The fourth-order valence-electron chi connectivity index (χ4n) is 3.79. The second kappa shape index (κ2) is 6.79. The quantitative estimate of drug-likeness (QED) is 0.885. The van der Waals surface area contributed by atoms with E-state index in [2.05, 4.69) is 17.4 Å². The van der Waals surface area contributed by atoms with Gasteiger partial charge in [0.2, 0.25) is 10.0 Å². The number of fused-ring (bicyclic) bond motifs is 1. The van der Waals surface area contributed by atoms with E-state index in [1.165, 1.54) is 17.4 Å². The fraction of sp³-hybridized carbons (Fsp3) is 0.647.